The first kappa shape index (κ1) is 14.8. The van der Waals surface area contributed by atoms with E-state index < -0.39 is 0 Å². The van der Waals surface area contributed by atoms with Crippen molar-refractivity contribution in [2.45, 2.75) is 27.7 Å². The maximum Gasteiger partial charge on any atom is 0.227 e. The molecule has 2 rings (SSSR count). The smallest absolute Gasteiger partial charge is 0.227 e. The van der Waals surface area contributed by atoms with Crippen molar-refractivity contribution >= 4 is 21.7 Å². The molecule has 0 spiro atoms. The van der Waals surface area contributed by atoms with Gasteiger partial charge < -0.3 is 10.1 Å². The van der Waals surface area contributed by atoms with Crippen LogP contribution in [0.2, 0.25) is 0 Å². The number of aryl methyl sites for hydroxylation is 2. The van der Waals surface area contributed by atoms with Crippen molar-refractivity contribution in [2.24, 2.45) is 0 Å². The third-order valence-electron chi connectivity index (χ3n) is 2.85. The molecule has 106 valence electrons. The lowest BCUT2D eigenvalue weighted by Gasteiger charge is -2.13. The van der Waals surface area contributed by atoms with Crippen LogP contribution in [0.4, 0.5) is 5.82 Å². The number of hydrogen-bond acceptors (Lipinski definition) is 4. The maximum absolute atomic E-state index is 5.92. The Morgan fingerprint density at radius 3 is 2.60 bits per heavy atom. The van der Waals surface area contributed by atoms with Crippen LogP contribution in [-0.4, -0.2) is 16.5 Å². The fourth-order valence-electron chi connectivity index (χ4n) is 1.83. The molecule has 0 saturated heterocycles. The summed E-state index contributed by atoms with van der Waals surface area (Å²) in [5.41, 5.74) is 2.08. The minimum Gasteiger partial charge on any atom is -0.437 e. The first-order valence-electron chi connectivity index (χ1n) is 6.54. The Morgan fingerprint density at radius 1 is 1.20 bits per heavy atom. The van der Waals surface area contributed by atoms with E-state index in [1.165, 1.54) is 5.56 Å². The number of rotatable bonds is 4. The largest absolute Gasteiger partial charge is 0.437 e. The molecule has 4 nitrogen and oxygen atoms in total. The van der Waals surface area contributed by atoms with Gasteiger partial charge in [0.2, 0.25) is 5.88 Å². The minimum absolute atomic E-state index is 0.581. The van der Waals surface area contributed by atoms with Crippen molar-refractivity contribution in [3.05, 3.63) is 39.6 Å². The van der Waals surface area contributed by atoms with Crippen molar-refractivity contribution in [2.75, 3.05) is 11.9 Å². The zero-order valence-electron chi connectivity index (χ0n) is 12.1. The molecule has 1 aromatic carbocycles. The highest BCUT2D eigenvalue weighted by molar-refractivity contribution is 9.10. The summed E-state index contributed by atoms with van der Waals surface area (Å²) in [5.74, 6) is 2.83. The zero-order chi connectivity index (χ0) is 14.7. The Kier molecular flexibility index (Phi) is 4.60. The number of hydrogen-bond donors (Lipinski definition) is 1. The van der Waals surface area contributed by atoms with E-state index in [0.717, 1.165) is 28.1 Å². The Hall–Kier alpha value is -1.62. The van der Waals surface area contributed by atoms with Gasteiger partial charge in [-0.15, -0.1) is 0 Å². The van der Waals surface area contributed by atoms with Gasteiger partial charge in [-0.2, -0.15) is 4.98 Å². The van der Waals surface area contributed by atoms with Crippen molar-refractivity contribution < 1.29 is 4.74 Å². The van der Waals surface area contributed by atoms with E-state index in [1.54, 1.807) is 0 Å². The second-order valence-electron chi connectivity index (χ2n) is 4.62. The average molecular weight is 336 g/mol. The monoisotopic (exact) mass is 335 g/mol. The SMILES string of the molecule is CCNc1nc(C)nc(Oc2ccc(C)cc2Br)c1C. The summed E-state index contributed by atoms with van der Waals surface area (Å²) in [7, 11) is 0. The lowest BCUT2D eigenvalue weighted by molar-refractivity contribution is 0.453. The molecule has 1 aromatic heterocycles. The zero-order valence-corrected chi connectivity index (χ0v) is 13.7. The molecule has 0 saturated carbocycles. The van der Waals surface area contributed by atoms with Crippen molar-refractivity contribution in [3.8, 4) is 11.6 Å². The van der Waals surface area contributed by atoms with E-state index in [4.69, 9.17) is 4.74 Å². The predicted molar refractivity (Wildman–Crippen MR) is 84.6 cm³/mol. The lowest BCUT2D eigenvalue weighted by atomic mass is 10.2. The third-order valence-corrected chi connectivity index (χ3v) is 3.47. The summed E-state index contributed by atoms with van der Waals surface area (Å²) in [4.78, 5) is 8.77. The highest BCUT2D eigenvalue weighted by atomic mass is 79.9. The molecule has 0 unspecified atom stereocenters. The molecule has 5 heteroatoms. The fourth-order valence-corrected chi connectivity index (χ4v) is 2.41. The maximum atomic E-state index is 5.92. The second kappa shape index (κ2) is 6.22. The molecule has 20 heavy (non-hydrogen) atoms. The van der Waals surface area contributed by atoms with Gasteiger partial charge in [-0.05, 0) is 61.3 Å². The van der Waals surface area contributed by atoms with Gasteiger partial charge in [0.25, 0.3) is 0 Å². The first-order valence-corrected chi connectivity index (χ1v) is 7.33. The Labute approximate surface area is 127 Å². The lowest BCUT2D eigenvalue weighted by Crippen LogP contribution is -2.06. The number of nitrogens with zero attached hydrogens (tertiary/aromatic N) is 2. The average Bonchev–Trinajstić information content (AvgIpc) is 2.38. The molecule has 0 fully saturated rings. The van der Waals surface area contributed by atoms with Crippen LogP contribution in [0.1, 0.15) is 23.9 Å². The van der Waals surface area contributed by atoms with E-state index in [0.29, 0.717) is 11.7 Å². The number of aromatic nitrogens is 2. The van der Waals surface area contributed by atoms with Crippen LogP contribution in [0.15, 0.2) is 22.7 Å². The van der Waals surface area contributed by atoms with Gasteiger partial charge >= 0.3 is 0 Å². The molecule has 0 aliphatic carbocycles. The van der Waals surface area contributed by atoms with E-state index in [1.807, 2.05) is 45.9 Å². The predicted octanol–water partition coefficient (Wildman–Crippen LogP) is 4.39. The van der Waals surface area contributed by atoms with Crippen LogP contribution in [0.5, 0.6) is 11.6 Å². The van der Waals surface area contributed by atoms with Crippen molar-refractivity contribution in [3.63, 3.8) is 0 Å². The molecule has 0 bridgehead atoms. The number of halogens is 1. The van der Waals surface area contributed by atoms with Crippen LogP contribution in [-0.2, 0) is 0 Å². The Bertz CT molecular complexity index is 629. The quantitative estimate of drug-likeness (QED) is 0.900. The highest BCUT2D eigenvalue weighted by Crippen LogP contribution is 2.32. The van der Waals surface area contributed by atoms with Gasteiger partial charge in [0.15, 0.2) is 0 Å². The van der Waals surface area contributed by atoms with E-state index in [9.17, 15) is 0 Å². The van der Waals surface area contributed by atoms with Crippen LogP contribution < -0.4 is 10.1 Å². The number of benzene rings is 1. The molecule has 0 aliphatic rings. The van der Waals surface area contributed by atoms with E-state index in [2.05, 4.69) is 31.2 Å². The summed E-state index contributed by atoms with van der Waals surface area (Å²) in [6.07, 6.45) is 0. The number of anilines is 1. The topological polar surface area (TPSA) is 47.0 Å². The van der Waals surface area contributed by atoms with Crippen LogP contribution >= 0.6 is 15.9 Å². The molecule has 2 aromatic rings. The molecular weight excluding hydrogens is 318 g/mol. The van der Waals surface area contributed by atoms with E-state index >= 15 is 0 Å². The molecule has 0 amide bonds. The van der Waals surface area contributed by atoms with Gasteiger partial charge in [-0.3, -0.25) is 0 Å². The van der Waals surface area contributed by atoms with Gasteiger partial charge in [0.1, 0.15) is 17.4 Å². The van der Waals surface area contributed by atoms with Gasteiger partial charge in [-0.1, -0.05) is 6.07 Å². The minimum atomic E-state index is 0.581. The van der Waals surface area contributed by atoms with E-state index in [-0.39, 0.29) is 0 Å². The van der Waals surface area contributed by atoms with Gasteiger partial charge in [0.05, 0.1) is 10.0 Å². The van der Waals surface area contributed by atoms with Crippen LogP contribution in [0, 0.1) is 20.8 Å². The van der Waals surface area contributed by atoms with Crippen molar-refractivity contribution in [1.82, 2.24) is 9.97 Å². The normalized spacial score (nSPS) is 10.4. The van der Waals surface area contributed by atoms with Crippen LogP contribution in [0.3, 0.4) is 0 Å². The molecule has 1 heterocycles. The van der Waals surface area contributed by atoms with Gasteiger partial charge in [-0.25, -0.2) is 4.98 Å². The molecule has 0 radical (unpaired) electrons. The summed E-state index contributed by atoms with van der Waals surface area (Å²) in [6.45, 7) is 8.70. The summed E-state index contributed by atoms with van der Waals surface area (Å²) < 4.78 is 6.84. The summed E-state index contributed by atoms with van der Waals surface area (Å²) in [6, 6.07) is 5.96. The Balaban J connectivity index is 2.37. The third kappa shape index (κ3) is 3.28. The molecular formula is C15H18BrN3O. The second-order valence-corrected chi connectivity index (χ2v) is 5.47. The summed E-state index contributed by atoms with van der Waals surface area (Å²) in [5, 5.41) is 3.22. The standard InChI is InChI=1S/C15H18BrN3O/c1-5-17-14-10(3)15(19-11(4)18-14)20-13-7-6-9(2)8-12(13)16/h6-8H,5H2,1-4H3,(H,17,18,19). The fraction of sp³-hybridized carbons (Fsp3) is 0.333. The Morgan fingerprint density at radius 2 is 1.95 bits per heavy atom. The highest BCUT2D eigenvalue weighted by Gasteiger charge is 2.12. The first-order chi connectivity index (χ1) is 9.51. The van der Waals surface area contributed by atoms with Crippen LogP contribution in [0.25, 0.3) is 0 Å². The molecule has 0 aliphatic heterocycles. The van der Waals surface area contributed by atoms with Gasteiger partial charge in [0, 0.05) is 6.54 Å². The summed E-state index contributed by atoms with van der Waals surface area (Å²) >= 11 is 3.51. The van der Waals surface area contributed by atoms with Crippen molar-refractivity contribution in [1.29, 1.82) is 0 Å². The number of ether oxygens (including phenoxy) is 1. The molecule has 1 N–H and O–H groups in total. The number of nitrogens with one attached hydrogen (secondary N) is 1. The molecule has 0 atom stereocenters.